The summed E-state index contributed by atoms with van der Waals surface area (Å²) >= 11 is 1.56. The van der Waals surface area contributed by atoms with Gasteiger partial charge in [0.2, 0.25) is 29.5 Å². The number of unbranched alkanes of at least 4 members (excludes halogenated alkanes) is 2. The molecular formula is C40H55ClFN7O6S. The van der Waals surface area contributed by atoms with Crippen molar-refractivity contribution in [3.63, 3.8) is 0 Å². The molecular weight excluding hydrogens is 761 g/mol. The molecule has 0 radical (unpaired) electrons. The van der Waals surface area contributed by atoms with Crippen LogP contribution < -0.4 is 27.4 Å². The number of amides is 5. The predicted molar refractivity (Wildman–Crippen MR) is 217 cm³/mol. The Morgan fingerprint density at radius 2 is 1.73 bits per heavy atom. The molecule has 3 aromatic rings. The summed E-state index contributed by atoms with van der Waals surface area (Å²) in [6, 6.07) is 8.93. The Morgan fingerprint density at radius 1 is 1.04 bits per heavy atom. The topological polar surface area (TPSA) is 210 Å². The van der Waals surface area contributed by atoms with Crippen molar-refractivity contribution in [2.75, 3.05) is 11.9 Å². The number of likely N-dealkylation sites (tertiary alicyclic amines) is 1. The van der Waals surface area contributed by atoms with Gasteiger partial charge in [0.25, 0.3) is 0 Å². The molecule has 306 valence electrons. The summed E-state index contributed by atoms with van der Waals surface area (Å²) in [5.41, 5.74) is 15.8. The van der Waals surface area contributed by atoms with Gasteiger partial charge in [0.1, 0.15) is 17.9 Å². The molecule has 0 saturated carbocycles. The Kier molecular flexibility index (Phi) is 16.9. The monoisotopic (exact) mass is 815 g/mol. The van der Waals surface area contributed by atoms with Gasteiger partial charge in [0, 0.05) is 31.5 Å². The summed E-state index contributed by atoms with van der Waals surface area (Å²) in [7, 11) is 0. The number of rotatable bonds is 17. The first kappa shape index (κ1) is 45.9. The molecule has 56 heavy (non-hydrogen) atoms. The summed E-state index contributed by atoms with van der Waals surface area (Å²) in [6.07, 6.45) is 1.68. The minimum Gasteiger partial charge on any atom is -0.391 e. The second kappa shape index (κ2) is 20.6. The zero-order valence-corrected chi connectivity index (χ0v) is 34.2. The van der Waals surface area contributed by atoms with E-state index in [0.717, 1.165) is 21.7 Å². The van der Waals surface area contributed by atoms with Crippen molar-refractivity contribution in [3.8, 4) is 10.4 Å². The van der Waals surface area contributed by atoms with E-state index in [0.29, 0.717) is 31.2 Å². The molecule has 8 N–H and O–H groups in total. The highest BCUT2D eigenvalue weighted by molar-refractivity contribution is 7.13. The van der Waals surface area contributed by atoms with Crippen LogP contribution in [-0.2, 0) is 30.4 Å². The predicted octanol–water partition coefficient (Wildman–Crippen LogP) is 4.68. The number of benzene rings is 2. The number of halogens is 2. The molecule has 16 heteroatoms. The molecule has 13 nitrogen and oxygen atoms in total. The molecule has 1 fully saturated rings. The van der Waals surface area contributed by atoms with Crippen LogP contribution in [0.4, 0.5) is 10.1 Å². The highest BCUT2D eigenvalue weighted by Gasteiger charge is 2.44. The maximum absolute atomic E-state index is 14.3. The lowest BCUT2D eigenvalue weighted by atomic mass is 9.85. The molecule has 1 aromatic heterocycles. The van der Waals surface area contributed by atoms with Crippen molar-refractivity contribution in [3.05, 3.63) is 70.6 Å². The SMILES string of the molecule is Cc1ncsc1-c1ccc([C@H](C)NC(=O)[C@@H]2C[C@@H](O)CN2C(=O)[C@@H](NC(=O)CCCCCc2cc(F)cc(NC(=O)[C@@H](N)CCC(N)=O)c2)C(C)(C)C)cc1.Cl. The van der Waals surface area contributed by atoms with Gasteiger partial charge >= 0.3 is 0 Å². The van der Waals surface area contributed by atoms with Gasteiger partial charge in [0.05, 0.1) is 34.3 Å². The molecule has 0 spiro atoms. The van der Waals surface area contributed by atoms with Crippen LogP contribution in [0.2, 0.25) is 0 Å². The average molecular weight is 816 g/mol. The average Bonchev–Trinajstić information content (AvgIpc) is 3.73. The first-order valence-corrected chi connectivity index (χ1v) is 19.5. The number of aryl methyl sites for hydroxylation is 2. The molecule has 1 aliphatic heterocycles. The molecule has 0 bridgehead atoms. The number of β-amino-alcohol motifs (C(OH)–C–C–N with tert-alkyl or cyclic N) is 1. The molecule has 4 rings (SSSR count). The molecule has 2 aromatic carbocycles. The van der Waals surface area contributed by atoms with Crippen LogP contribution in [0.25, 0.3) is 10.4 Å². The summed E-state index contributed by atoms with van der Waals surface area (Å²) in [5, 5.41) is 19.1. The summed E-state index contributed by atoms with van der Waals surface area (Å²) in [4.78, 5) is 70.8. The van der Waals surface area contributed by atoms with E-state index in [-0.39, 0.29) is 68.2 Å². The van der Waals surface area contributed by atoms with Crippen molar-refractivity contribution in [2.24, 2.45) is 16.9 Å². The number of hydrogen-bond acceptors (Lipinski definition) is 9. The number of nitrogens with one attached hydrogen (secondary N) is 3. The minimum atomic E-state index is -0.968. The van der Waals surface area contributed by atoms with Crippen LogP contribution in [0.15, 0.2) is 48.0 Å². The molecule has 0 unspecified atom stereocenters. The van der Waals surface area contributed by atoms with E-state index >= 15 is 0 Å². The van der Waals surface area contributed by atoms with Gasteiger partial charge in [-0.05, 0) is 79.8 Å². The maximum Gasteiger partial charge on any atom is 0.246 e. The Labute approximate surface area is 338 Å². The lowest BCUT2D eigenvalue weighted by molar-refractivity contribution is -0.144. The second-order valence-electron chi connectivity index (χ2n) is 15.4. The number of carbonyl (C=O) groups is 5. The third-order valence-electron chi connectivity index (χ3n) is 9.69. The van der Waals surface area contributed by atoms with Crippen LogP contribution in [0.5, 0.6) is 0 Å². The Balaban J connectivity index is 0.00000841. The van der Waals surface area contributed by atoms with Crippen molar-refractivity contribution in [1.29, 1.82) is 0 Å². The number of nitrogens with two attached hydrogens (primary N) is 2. The van der Waals surface area contributed by atoms with Crippen LogP contribution in [0.1, 0.15) is 95.5 Å². The second-order valence-corrected chi connectivity index (χ2v) is 16.2. The summed E-state index contributed by atoms with van der Waals surface area (Å²) < 4.78 is 14.3. The number of aliphatic hydroxyl groups excluding tert-OH is 1. The zero-order valence-electron chi connectivity index (χ0n) is 32.6. The largest absolute Gasteiger partial charge is 0.391 e. The fourth-order valence-corrected chi connectivity index (χ4v) is 7.38. The van der Waals surface area contributed by atoms with Crippen LogP contribution in [-0.4, -0.2) is 75.3 Å². The fourth-order valence-electron chi connectivity index (χ4n) is 6.57. The van der Waals surface area contributed by atoms with Crippen LogP contribution >= 0.6 is 23.7 Å². The van der Waals surface area contributed by atoms with Gasteiger partial charge in [-0.1, -0.05) is 51.5 Å². The summed E-state index contributed by atoms with van der Waals surface area (Å²) in [5.74, 6) is -2.77. The van der Waals surface area contributed by atoms with Crippen molar-refractivity contribution in [2.45, 2.75) is 116 Å². The molecule has 1 aliphatic rings. The van der Waals surface area contributed by atoms with Gasteiger partial charge in [-0.3, -0.25) is 24.0 Å². The quantitative estimate of drug-likeness (QED) is 0.105. The number of primary amides is 1. The van der Waals surface area contributed by atoms with Gasteiger partial charge in [-0.2, -0.15) is 0 Å². The first-order valence-electron chi connectivity index (χ1n) is 18.7. The van der Waals surface area contributed by atoms with E-state index in [1.807, 2.05) is 58.9 Å². The van der Waals surface area contributed by atoms with Crippen molar-refractivity contribution in [1.82, 2.24) is 20.5 Å². The normalized spacial score (nSPS) is 17.0. The van der Waals surface area contributed by atoms with Gasteiger partial charge in [-0.25, -0.2) is 9.37 Å². The lowest BCUT2D eigenvalue weighted by Gasteiger charge is -2.35. The number of hydrogen-bond donors (Lipinski definition) is 6. The molecule has 1 saturated heterocycles. The third kappa shape index (κ3) is 13.1. The number of carbonyl (C=O) groups excluding carboxylic acids is 5. The first-order chi connectivity index (χ1) is 25.9. The maximum atomic E-state index is 14.3. The Morgan fingerprint density at radius 3 is 2.36 bits per heavy atom. The van der Waals surface area contributed by atoms with Gasteiger partial charge in [0.15, 0.2) is 0 Å². The Bertz CT molecular complexity index is 1840. The number of aromatic nitrogens is 1. The molecule has 0 aliphatic carbocycles. The lowest BCUT2D eigenvalue weighted by Crippen LogP contribution is -2.57. The van der Waals surface area contributed by atoms with Crippen LogP contribution in [0.3, 0.4) is 0 Å². The van der Waals surface area contributed by atoms with E-state index in [1.54, 1.807) is 22.9 Å². The molecule has 2 heterocycles. The van der Waals surface area contributed by atoms with Crippen molar-refractivity contribution < 1.29 is 33.5 Å². The highest BCUT2D eigenvalue weighted by atomic mass is 35.5. The van der Waals surface area contributed by atoms with E-state index < -0.39 is 53.2 Å². The minimum absolute atomic E-state index is 0. The standard InChI is InChI=1S/C40H54FN7O6S.ClH/c1-23(26-11-13-27(14-12-26)35-24(2)44-22-55-35)45-38(53)32-20-30(49)21-48(32)39(54)36(40(3,4)5)47-34(51)10-8-6-7-9-25-17-28(41)19-29(18-25)46-37(52)31(42)15-16-33(43)50;/h11-14,17-19,22-23,30-32,36,49H,6-10,15-16,20-21,42H2,1-5H3,(H2,43,50)(H,45,53)(H,46,52)(H,47,51);1H/t23-,30+,31-,32-,36+;/m0./s1. The van der Waals surface area contributed by atoms with Crippen molar-refractivity contribution >= 4 is 59.0 Å². The van der Waals surface area contributed by atoms with E-state index in [4.69, 9.17) is 11.5 Å². The summed E-state index contributed by atoms with van der Waals surface area (Å²) in [6.45, 7) is 9.30. The van der Waals surface area contributed by atoms with E-state index in [1.165, 1.54) is 17.0 Å². The zero-order chi connectivity index (χ0) is 40.4. The van der Waals surface area contributed by atoms with Gasteiger partial charge < -0.3 is 37.4 Å². The number of anilines is 1. The smallest absolute Gasteiger partial charge is 0.246 e. The Hall–Kier alpha value is -4.44. The highest BCUT2D eigenvalue weighted by Crippen LogP contribution is 2.30. The molecule has 5 amide bonds. The fraction of sp³-hybridized carbons (Fsp3) is 0.500. The number of aliphatic hydroxyl groups is 1. The third-order valence-corrected chi connectivity index (χ3v) is 10.7. The van der Waals surface area contributed by atoms with E-state index in [2.05, 4.69) is 20.9 Å². The number of nitrogens with zero attached hydrogens (tertiary/aromatic N) is 2. The van der Waals surface area contributed by atoms with Gasteiger partial charge in [-0.15, -0.1) is 23.7 Å². The molecule has 5 atom stereocenters. The number of thiazole rings is 1. The van der Waals surface area contributed by atoms with E-state index in [9.17, 15) is 33.5 Å². The van der Waals surface area contributed by atoms with Crippen LogP contribution in [0, 0.1) is 18.2 Å².